The number of ether oxygens (including phenoxy) is 1. The summed E-state index contributed by atoms with van der Waals surface area (Å²) in [6.45, 7) is 1.52. The molecule has 0 spiro atoms. The third kappa shape index (κ3) is 2.83. The van der Waals surface area contributed by atoms with Crippen molar-refractivity contribution in [2.45, 2.75) is 13.0 Å². The number of anilines is 1. The fraction of sp³-hybridized carbons (Fsp3) is 0.200. The molecule has 1 aromatic heterocycles. The van der Waals surface area contributed by atoms with E-state index in [1.165, 1.54) is 11.1 Å². The molecule has 0 unspecified atom stereocenters. The lowest BCUT2D eigenvalue weighted by atomic mass is 10.00. The maximum atomic E-state index is 9.48. The van der Waals surface area contributed by atoms with Crippen molar-refractivity contribution in [2.24, 2.45) is 0 Å². The molecule has 0 fully saturated rings. The average molecular weight is 331 g/mol. The maximum Gasteiger partial charge on any atom is 0.235 e. The lowest BCUT2D eigenvalue weighted by molar-refractivity contribution is 0.414. The molecule has 0 atom stereocenters. The summed E-state index contributed by atoms with van der Waals surface area (Å²) < 4.78 is 11.2. The van der Waals surface area contributed by atoms with E-state index in [4.69, 9.17) is 9.15 Å². The van der Waals surface area contributed by atoms with Gasteiger partial charge in [0.25, 0.3) is 0 Å². The molecule has 0 bridgehead atoms. The molecule has 25 heavy (non-hydrogen) atoms. The molecule has 0 N–H and O–H groups in total. The van der Waals surface area contributed by atoms with Crippen molar-refractivity contribution in [1.29, 1.82) is 5.26 Å². The summed E-state index contributed by atoms with van der Waals surface area (Å²) in [5.74, 6) is 1.70. The van der Waals surface area contributed by atoms with Gasteiger partial charge in [0.15, 0.2) is 0 Å². The topological polar surface area (TPSA) is 62.3 Å². The maximum absolute atomic E-state index is 9.48. The smallest absolute Gasteiger partial charge is 0.235 e. The molecule has 0 saturated heterocycles. The molecule has 0 aliphatic carbocycles. The predicted molar refractivity (Wildman–Crippen MR) is 94.4 cm³/mol. The Hall–Kier alpha value is -3.26. The monoisotopic (exact) mass is 331 g/mol. The Bertz CT molecular complexity index is 956. The Balaban J connectivity index is 1.69. The summed E-state index contributed by atoms with van der Waals surface area (Å²) in [5, 5.41) is 9.48. The number of aromatic nitrogens is 1. The third-order valence-corrected chi connectivity index (χ3v) is 4.45. The minimum Gasteiger partial charge on any atom is -0.497 e. The third-order valence-electron chi connectivity index (χ3n) is 4.45. The van der Waals surface area contributed by atoms with Crippen LogP contribution in [0.4, 0.5) is 5.88 Å². The van der Waals surface area contributed by atoms with Gasteiger partial charge in [-0.3, -0.25) is 0 Å². The Labute approximate surface area is 146 Å². The fourth-order valence-corrected chi connectivity index (χ4v) is 3.15. The Morgan fingerprint density at radius 2 is 2.00 bits per heavy atom. The molecule has 0 saturated carbocycles. The van der Waals surface area contributed by atoms with Gasteiger partial charge < -0.3 is 14.1 Å². The molecule has 0 amide bonds. The lowest BCUT2D eigenvalue weighted by Gasteiger charge is -2.28. The number of fused-ring (bicyclic) bond motifs is 1. The summed E-state index contributed by atoms with van der Waals surface area (Å²) in [4.78, 5) is 6.46. The number of methoxy groups -OCH3 is 1. The molecule has 5 heteroatoms. The minimum absolute atomic E-state index is 0.317. The van der Waals surface area contributed by atoms with E-state index in [0.717, 1.165) is 30.8 Å². The van der Waals surface area contributed by atoms with Gasteiger partial charge in [0.1, 0.15) is 11.8 Å². The minimum atomic E-state index is 0.317. The first-order valence-corrected chi connectivity index (χ1v) is 8.15. The largest absolute Gasteiger partial charge is 0.497 e. The molecule has 1 aliphatic heterocycles. The van der Waals surface area contributed by atoms with Gasteiger partial charge in [-0.25, -0.2) is 0 Å². The molecule has 1 aliphatic rings. The van der Waals surface area contributed by atoms with Crippen LogP contribution in [0.25, 0.3) is 11.5 Å². The van der Waals surface area contributed by atoms with Crippen LogP contribution in [0.15, 0.2) is 52.9 Å². The van der Waals surface area contributed by atoms with Gasteiger partial charge in [-0.05, 0) is 35.7 Å². The van der Waals surface area contributed by atoms with Crippen LogP contribution in [0, 0.1) is 11.3 Å². The lowest BCUT2D eigenvalue weighted by Crippen LogP contribution is -2.30. The molecule has 0 radical (unpaired) electrons. The number of oxazole rings is 1. The summed E-state index contributed by atoms with van der Waals surface area (Å²) >= 11 is 0. The van der Waals surface area contributed by atoms with E-state index in [1.54, 1.807) is 7.11 Å². The Morgan fingerprint density at radius 3 is 2.80 bits per heavy atom. The van der Waals surface area contributed by atoms with Crippen molar-refractivity contribution < 1.29 is 9.15 Å². The SMILES string of the molecule is COc1cccc(-c2nc(C#N)c(N3CCc4ccccc4C3)o2)c1. The van der Waals surface area contributed by atoms with Crippen LogP contribution in [0.1, 0.15) is 16.8 Å². The highest BCUT2D eigenvalue weighted by Crippen LogP contribution is 2.32. The zero-order valence-corrected chi connectivity index (χ0v) is 13.9. The van der Waals surface area contributed by atoms with Crippen LogP contribution in [0.3, 0.4) is 0 Å². The van der Waals surface area contributed by atoms with Crippen molar-refractivity contribution in [2.75, 3.05) is 18.6 Å². The number of nitrogens with zero attached hydrogens (tertiary/aromatic N) is 3. The van der Waals surface area contributed by atoms with Crippen molar-refractivity contribution in [3.8, 4) is 23.3 Å². The highest BCUT2D eigenvalue weighted by molar-refractivity contribution is 5.61. The number of rotatable bonds is 3. The molecule has 4 rings (SSSR count). The van der Waals surface area contributed by atoms with Crippen LogP contribution in [0.5, 0.6) is 5.75 Å². The van der Waals surface area contributed by atoms with Gasteiger partial charge in [0.05, 0.1) is 7.11 Å². The molecular weight excluding hydrogens is 314 g/mol. The van der Waals surface area contributed by atoms with E-state index < -0.39 is 0 Å². The summed E-state index contributed by atoms with van der Waals surface area (Å²) in [5.41, 5.74) is 3.72. The highest BCUT2D eigenvalue weighted by atomic mass is 16.5. The van der Waals surface area contributed by atoms with Crippen LogP contribution < -0.4 is 9.64 Å². The molecular formula is C20H17N3O2. The first kappa shape index (κ1) is 15.3. The molecule has 3 aromatic rings. The summed E-state index contributed by atoms with van der Waals surface area (Å²) in [6, 6.07) is 18.0. The van der Waals surface area contributed by atoms with Gasteiger partial charge in [-0.2, -0.15) is 10.2 Å². The molecule has 2 heterocycles. The van der Waals surface area contributed by atoms with E-state index in [0.29, 0.717) is 17.5 Å². The van der Waals surface area contributed by atoms with E-state index in [2.05, 4.69) is 34.2 Å². The number of hydrogen-bond donors (Lipinski definition) is 0. The van der Waals surface area contributed by atoms with E-state index in [1.807, 2.05) is 30.3 Å². The predicted octanol–water partition coefficient (Wildman–Crippen LogP) is 3.78. The van der Waals surface area contributed by atoms with Gasteiger partial charge in [0, 0.05) is 18.7 Å². The van der Waals surface area contributed by atoms with E-state index in [-0.39, 0.29) is 0 Å². The number of nitriles is 1. The van der Waals surface area contributed by atoms with Crippen molar-refractivity contribution in [3.63, 3.8) is 0 Å². The highest BCUT2D eigenvalue weighted by Gasteiger charge is 2.24. The second-order valence-electron chi connectivity index (χ2n) is 5.96. The quantitative estimate of drug-likeness (QED) is 0.731. The molecule has 5 nitrogen and oxygen atoms in total. The Kier molecular flexibility index (Phi) is 3.87. The van der Waals surface area contributed by atoms with Crippen LogP contribution in [0.2, 0.25) is 0 Å². The number of benzene rings is 2. The van der Waals surface area contributed by atoms with Crippen LogP contribution in [-0.2, 0) is 13.0 Å². The fourth-order valence-electron chi connectivity index (χ4n) is 3.15. The normalized spacial score (nSPS) is 13.2. The molecule has 2 aromatic carbocycles. The van der Waals surface area contributed by atoms with Gasteiger partial charge >= 0.3 is 0 Å². The zero-order valence-electron chi connectivity index (χ0n) is 13.9. The first-order chi connectivity index (χ1) is 12.3. The standard InChI is InChI=1S/C20H17N3O2/c1-24-17-8-4-7-15(11-17)19-22-18(12-21)20(25-19)23-10-9-14-5-2-3-6-16(14)13-23/h2-8,11H,9-10,13H2,1H3. The molecule has 124 valence electrons. The average Bonchev–Trinajstić information content (AvgIpc) is 3.12. The van der Waals surface area contributed by atoms with Crippen LogP contribution in [-0.4, -0.2) is 18.6 Å². The van der Waals surface area contributed by atoms with Crippen molar-refractivity contribution in [1.82, 2.24) is 4.98 Å². The van der Waals surface area contributed by atoms with Crippen molar-refractivity contribution in [3.05, 3.63) is 65.4 Å². The van der Waals surface area contributed by atoms with E-state index >= 15 is 0 Å². The Morgan fingerprint density at radius 1 is 1.16 bits per heavy atom. The van der Waals surface area contributed by atoms with Crippen LogP contribution >= 0.6 is 0 Å². The zero-order chi connectivity index (χ0) is 17.2. The van der Waals surface area contributed by atoms with Gasteiger partial charge in [-0.15, -0.1) is 0 Å². The van der Waals surface area contributed by atoms with Crippen molar-refractivity contribution >= 4 is 5.88 Å². The van der Waals surface area contributed by atoms with E-state index in [9.17, 15) is 5.26 Å². The second-order valence-corrected chi connectivity index (χ2v) is 5.96. The first-order valence-electron chi connectivity index (χ1n) is 8.15. The van der Waals surface area contributed by atoms with Gasteiger partial charge in [0.2, 0.25) is 17.5 Å². The summed E-state index contributed by atoms with van der Waals surface area (Å²) in [6.07, 6.45) is 0.927. The second kappa shape index (κ2) is 6.33. The van der Waals surface area contributed by atoms with Gasteiger partial charge in [-0.1, -0.05) is 30.3 Å². The summed E-state index contributed by atoms with van der Waals surface area (Å²) in [7, 11) is 1.62. The number of hydrogen-bond acceptors (Lipinski definition) is 5.